The Morgan fingerprint density at radius 3 is 2.96 bits per heavy atom. The van der Waals surface area contributed by atoms with E-state index in [4.69, 9.17) is 0 Å². The van der Waals surface area contributed by atoms with E-state index >= 15 is 0 Å². The highest BCUT2D eigenvalue weighted by Gasteiger charge is 2.07. The van der Waals surface area contributed by atoms with Crippen molar-refractivity contribution in [3.05, 3.63) is 66.5 Å². The number of fused-ring (bicyclic) bond motifs is 2. The van der Waals surface area contributed by atoms with Gasteiger partial charge in [-0.25, -0.2) is 4.39 Å². The first-order valence-electron chi connectivity index (χ1n) is 8.50. The molecule has 1 amide bonds. The molecule has 0 spiro atoms. The minimum absolute atomic E-state index is 0.0444. The molecule has 0 unspecified atom stereocenters. The Morgan fingerprint density at radius 1 is 1.12 bits per heavy atom. The van der Waals surface area contributed by atoms with Gasteiger partial charge in [-0.2, -0.15) is 0 Å². The molecule has 4 rings (SSSR count). The third-order valence-electron chi connectivity index (χ3n) is 4.37. The first-order chi connectivity index (χ1) is 12.7. The SMILES string of the molecule is O=C(CCn1ccc2ccc(F)cc21)NCCc1nnc2ccccn12. The molecule has 0 bridgehead atoms. The van der Waals surface area contributed by atoms with Crippen LogP contribution < -0.4 is 5.32 Å². The Labute approximate surface area is 149 Å². The number of benzene rings is 1. The van der Waals surface area contributed by atoms with Gasteiger partial charge < -0.3 is 9.88 Å². The highest BCUT2D eigenvalue weighted by Crippen LogP contribution is 2.17. The Hall–Kier alpha value is -3.22. The fraction of sp³-hybridized carbons (Fsp3) is 0.211. The summed E-state index contributed by atoms with van der Waals surface area (Å²) < 4.78 is 17.2. The number of hydrogen-bond donors (Lipinski definition) is 1. The molecular formula is C19H18FN5O. The number of aromatic nitrogens is 4. The molecule has 26 heavy (non-hydrogen) atoms. The summed E-state index contributed by atoms with van der Waals surface area (Å²) >= 11 is 0. The molecule has 4 aromatic rings. The maximum atomic E-state index is 13.4. The second kappa shape index (κ2) is 6.95. The molecule has 6 nitrogen and oxygen atoms in total. The first-order valence-corrected chi connectivity index (χ1v) is 8.50. The summed E-state index contributed by atoms with van der Waals surface area (Å²) in [6.07, 6.45) is 4.72. The third-order valence-corrected chi connectivity index (χ3v) is 4.37. The van der Waals surface area contributed by atoms with Crippen LogP contribution in [0.4, 0.5) is 4.39 Å². The van der Waals surface area contributed by atoms with Crippen LogP contribution in [0.5, 0.6) is 0 Å². The number of carbonyl (C=O) groups is 1. The zero-order valence-corrected chi connectivity index (χ0v) is 14.1. The van der Waals surface area contributed by atoms with Crippen LogP contribution in [0.15, 0.2) is 54.9 Å². The van der Waals surface area contributed by atoms with E-state index < -0.39 is 0 Å². The van der Waals surface area contributed by atoms with Gasteiger partial charge in [0.25, 0.3) is 0 Å². The predicted molar refractivity (Wildman–Crippen MR) is 96.2 cm³/mol. The molecule has 0 aliphatic carbocycles. The van der Waals surface area contributed by atoms with Crippen LogP contribution in [-0.2, 0) is 17.8 Å². The van der Waals surface area contributed by atoms with E-state index in [0.29, 0.717) is 25.9 Å². The van der Waals surface area contributed by atoms with Gasteiger partial charge in [-0.1, -0.05) is 6.07 Å². The number of aryl methyl sites for hydroxylation is 1. The van der Waals surface area contributed by atoms with Gasteiger partial charge in [0.15, 0.2) is 5.65 Å². The summed E-state index contributed by atoms with van der Waals surface area (Å²) in [6.45, 7) is 1.00. The van der Waals surface area contributed by atoms with Crippen LogP contribution in [0.2, 0.25) is 0 Å². The van der Waals surface area contributed by atoms with Gasteiger partial charge in [0.1, 0.15) is 11.6 Å². The lowest BCUT2D eigenvalue weighted by atomic mass is 10.2. The molecule has 3 heterocycles. The number of carbonyl (C=O) groups excluding carboxylic acids is 1. The van der Waals surface area contributed by atoms with E-state index in [1.165, 1.54) is 12.1 Å². The van der Waals surface area contributed by atoms with Crippen molar-refractivity contribution in [2.45, 2.75) is 19.4 Å². The van der Waals surface area contributed by atoms with Gasteiger partial charge in [0.05, 0.1) is 5.52 Å². The van der Waals surface area contributed by atoms with Crippen LogP contribution in [-0.4, -0.2) is 31.6 Å². The van der Waals surface area contributed by atoms with Crippen molar-refractivity contribution in [1.82, 2.24) is 24.5 Å². The summed E-state index contributed by atoms with van der Waals surface area (Å²) in [5, 5.41) is 12.1. The highest BCUT2D eigenvalue weighted by molar-refractivity contribution is 5.80. The number of nitrogens with zero attached hydrogens (tertiary/aromatic N) is 4. The van der Waals surface area contributed by atoms with Crippen LogP contribution in [0.1, 0.15) is 12.2 Å². The highest BCUT2D eigenvalue weighted by atomic mass is 19.1. The zero-order valence-electron chi connectivity index (χ0n) is 14.1. The maximum absolute atomic E-state index is 13.4. The fourth-order valence-electron chi connectivity index (χ4n) is 3.04. The van der Waals surface area contributed by atoms with Crippen molar-refractivity contribution in [3.63, 3.8) is 0 Å². The van der Waals surface area contributed by atoms with E-state index in [-0.39, 0.29) is 11.7 Å². The normalized spacial score (nSPS) is 11.3. The lowest BCUT2D eigenvalue weighted by molar-refractivity contribution is -0.121. The molecule has 0 radical (unpaired) electrons. The summed E-state index contributed by atoms with van der Waals surface area (Å²) in [5.74, 6) is 0.493. The van der Waals surface area contributed by atoms with Crippen molar-refractivity contribution in [2.24, 2.45) is 0 Å². The second-order valence-electron chi connectivity index (χ2n) is 6.11. The van der Waals surface area contributed by atoms with Gasteiger partial charge >= 0.3 is 0 Å². The maximum Gasteiger partial charge on any atom is 0.221 e. The number of hydrogen-bond acceptors (Lipinski definition) is 3. The van der Waals surface area contributed by atoms with E-state index in [1.807, 2.05) is 45.6 Å². The quantitative estimate of drug-likeness (QED) is 0.581. The molecule has 1 N–H and O–H groups in total. The number of halogens is 1. The van der Waals surface area contributed by atoms with Gasteiger partial charge in [0.2, 0.25) is 5.91 Å². The van der Waals surface area contributed by atoms with E-state index in [2.05, 4.69) is 15.5 Å². The molecule has 7 heteroatoms. The molecule has 0 saturated carbocycles. The summed E-state index contributed by atoms with van der Waals surface area (Å²) in [7, 11) is 0. The van der Waals surface area contributed by atoms with Gasteiger partial charge in [-0.05, 0) is 41.8 Å². The molecule has 0 saturated heterocycles. The van der Waals surface area contributed by atoms with E-state index in [0.717, 1.165) is 22.4 Å². The van der Waals surface area contributed by atoms with Crippen molar-refractivity contribution in [1.29, 1.82) is 0 Å². The summed E-state index contributed by atoms with van der Waals surface area (Å²) in [6, 6.07) is 12.3. The van der Waals surface area contributed by atoms with Crippen LogP contribution in [0.25, 0.3) is 16.6 Å². The largest absolute Gasteiger partial charge is 0.356 e. The molecule has 0 aliphatic heterocycles. The zero-order chi connectivity index (χ0) is 17.9. The summed E-state index contributed by atoms with van der Waals surface area (Å²) in [4.78, 5) is 12.1. The van der Waals surface area contributed by atoms with Crippen LogP contribution in [0, 0.1) is 5.82 Å². The molecule has 0 aliphatic rings. The molecule has 0 fully saturated rings. The topological polar surface area (TPSA) is 64.2 Å². The van der Waals surface area contributed by atoms with E-state index in [1.54, 1.807) is 6.07 Å². The molecule has 0 atom stereocenters. The molecule has 1 aromatic carbocycles. The fourth-order valence-corrected chi connectivity index (χ4v) is 3.04. The van der Waals surface area contributed by atoms with Gasteiger partial charge in [-0.3, -0.25) is 9.20 Å². The second-order valence-corrected chi connectivity index (χ2v) is 6.11. The van der Waals surface area contributed by atoms with E-state index in [9.17, 15) is 9.18 Å². The smallest absolute Gasteiger partial charge is 0.221 e. The minimum atomic E-state index is -0.276. The number of pyridine rings is 1. The Kier molecular flexibility index (Phi) is 4.35. The lowest BCUT2D eigenvalue weighted by Gasteiger charge is -2.07. The third kappa shape index (κ3) is 3.28. The monoisotopic (exact) mass is 351 g/mol. The van der Waals surface area contributed by atoms with Crippen LogP contribution in [0.3, 0.4) is 0 Å². The van der Waals surface area contributed by atoms with Gasteiger partial charge in [-0.15, -0.1) is 10.2 Å². The Morgan fingerprint density at radius 2 is 2.04 bits per heavy atom. The number of nitrogens with one attached hydrogen (secondary N) is 1. The number of amides is 1. The minimum Gasteiger partial charge on any atom is -0.356 e. The summed E-state index contributed by atoms with van der Waals surface area (Å²) in [5.41, 5.74) is 1.59. The lowest BCUT2D eigenvalue weighted by Crippen LogP contribution is -2.27. The Balaban J connectivity index is 1.31. The standard InChI is InChI=1S/C19H18FN5O/c20-15-5-4-14-7-11-24(16(14)13-15)12-8-19(26)21-9-6-18-23-22-17-3-1-2-10-25(17)18/h1-5,7,10-11,13H,6,8-9,12H2,(H,21,26). The average molecular weight is 351 g/mol. The van der Waals surface area contributed by atoms with Gasteiger partial charge in [0, 0.05) is 38.3 Å². The predicted octanol–water partition coefficient (Wildman–Crippen LogP) is 2.57. The van der Waals surface area contributed by atoms with Crippen molar-refractivity contribution in [2.75, 3.05) is 6.54 Å². The average Bonchev–Trinajstić information content (AvgIpc) is 3.24. The molecular weight excluding hydrogens is 333 g/mol. The number of rotatable bonds is 6. The first kappa shape index (κ1) is 16.3. The molecule has 3 aromatic heterocycles. The van der Waals surface area contributed by atoms with Crippen LogP contribution >= 0.6 is 0 Å². The Bertz CT molecular complexity index is 1070. The molecule has 132 valence electrons. The van der Waals surface area contributed by atoms with Crippen molar-refractivity contribution in [3.8, 4) is 0 Å². The van der Waals surface area contributed by atoms with Crippen molar-refractivity contribution >= 4 is 22.5 Å². The van der Waals surface area contributed by atoms with Crippen molar-refractivity contribution < 1.29 is 9.18 Å².